The number of carbonyl (C=O) groups is 1. The summed E-state index contributed by atoms with van der Waals surface area (Å²) in [5, 5.41) is 11.8. The molecule has 0 atom stereocenters. The summed E-state index contributed by atoms with van der Waals surface area (Å²) in [7, 11) is 1.83. The molecule has 0 aliphatic carbocycles. The van der Waals surface area contributed by atoms with Crippen molar-refractivity contribution in [3.8, 4) is 5.69 Å². The van der Waals surface area contributed by atoms with Gasteiger partial charge in [-0.15, -0.1) is 0 Å². The minimum Gasteiger partial charge on any atom is -0.341 e. The molecule has 0 N–H and O–H groups in total. The normalized spacial score (nSPS) is 14.4. The number of nitrogens with zero attached hydrogens (tertiary/aromatic N) is 6. The molecule has 1 aromatic carbocycles. The molecule has 0 bridgehead atoms. The zero-order valence-corrected chi connectivity index (χ0v) is 12.0. The van der Waals surface area contributed by atoms with Crippen molar-refractivity contribution in [3.05, 3.63) is 30.3 Å². The second-order valence-electron chi connectivity index (χ2n) is 5.17. The van der Waals surface area contributed by atoms with E-state index in [4.69, 9.17) is 0 Å². The summed E-state index contributed by atoms with van der Waals surface area (Å²) in [6, 6.07) is 9.65. The number of benzene rings is 1. The summed E-state index contributed by atoms with van der Waals surface area (Å²) in [5.74, 6) is 0.686. The topological polar surface area (TPSA) is 67.2 Å². The van der Waals surface area contributed by atoms with Crippen molar-refractivity contribution < 1.29 is 4.79 Å². The first-order valence-electron chi connectivity index (χ1n) is 7.08. The molecule has 1 fully saturated rings. The van der Waals surface area contributed by atoms with Crippen molar-refractivity contribution in [1.82, 2.24) is 25.1 Å². The standard InChI is InChI=1S/C14H18N6O/c1-18(11-13(21)19-9-5-6-10-19)14-15-16-17-20(14)12-7-3-2-4-8-12/h2-4,7-8H,5-6,9-11H2,1H3. The van der Waals surface area contributed by atoms with E-state index in [9.17, 15) is 4.79 Å². The highest BCUT2D eigenvalue weighted by atomic mass is 16.2. The number of aromatic nitrogens is 4. The Labute approximate surface area is 123 Å². The summed E-state index contributed by atoms with van der Waals surface area (Å²) in [5.41, 5.74) is 0.873. The van der Waals surface area contributed by atoms with Gasteiger partial charge in [0.2, 0.25) is 5.91 Å². The Morgan fingerprint density at radius 2 is 1.95 bits per heavy atom. The molecule has 0 saturated carbocycles. The number of anilines is 1. The monoisotopic (exact) mass is 286 g/mol. The molecule has 0 spiro atoms. The van der Waals surface area contributed by atoms with Crippen molar-refractivity contribution >= 4 is 11.9 Å². The lowest BCUT2D eigenvalue weighted by atomic mass is 10.3. The van der Waals surface area contributed by atoms with Crippen LogP contribution in [0.4, 0.5) is 5.95 Å². The van der Waals surface area contributed by atoms with Crippen LogP contribution in [-0.4, -0.2) is 57.7 Å². The molecule has 110 valence electrons. The van der Waals surface area contributed by atoms with E-state index in [2.05, 4.69) is 15.5 Å². The lowest BCUT2D eigenvalue weighted by Crippen LogP contribution is -2.38. The molecule has 2 heterocycles. The summed E-state index contributed by atoms with van der Waals surface area (Å²) in [4.78, 5) is 15.9. The van der Waals surface area contributed by atoms with Gasteiger partial charge in [0.1, 0.15) is 0 Å². The second-order valence-corrected chi connectivity index (χ2v) is 5.17. The fraction of sp³-hybridized carbons (Fsp3) is 0.429. The lowest BCUT2D eigenvalue weighted by Gasteiger charge is -2.21. The summed E-state index contributed by atoms with van der Waals surface area (Å²) in [6.07, 6.45) is 2.19. The Kier molecular flexibility index (Phi) is 3.81. The smallest absolute Gasteiger partial charge is 0.250 e. The fourth-order valence-electron chi connectivity index (χ4n) is 2.50. The van der Waals surface area contributed by atoms with Crippen LogP contribution in [0.1, 0.15) is 12.8 Å². The molecule has 21 heavy (non-hydrogen) atoms. The maximum Gasteiger partial charge on any atom is 0.250 e. The van der Waals surface area contributed by atoms with Gasteiger partial charge in [0, 0.05) is 20.1 Å². The molecule has 1 aromatic heterocycles. The van der Waals surface area contributed by atoms with E-state index in [1.807, 2.05) is 42.3 Å². The number of carbonyl (C=O) groups excluding carboxylic acids is 1. The maximum absolute atomic E-state index is 12.2. The predicted molar refractivity (Wildman–Crippen MR) is 78.2 cm³/mol. The third-order valence-corrected chi connectivity index (χ3v) is 3.63. The van der Waals surface area contributed by atoms with Gasteiger partial charge in [0.25, 0.3) is 5.95 Å². The highest BCUT2D eigenvalue weighted by molar-refractivity contribution is 5.81. The summed E-state index contributed by atoms with van der Waals surface area (Å²) < 4.78 is 1.64. The van der Waals surface area contributed by atoms with E-state index >= 15 is 0 Å². The van der Waals surface area contributed by atoms with Crippen LogP contribution in [-0.2, 0) is 4.79 Å². The molecule has 2 aromatic rings. The summed E-state index contributed by atoms with van der Waals surface area (Å²) >= 11 is 0. The van der Waals surface area contributed by atoms with Crippen LogP contribution in [0.25, 0.3) is 5.69 Å². The Balaban J connectivity index is 1.75. The van der Waals surface area contributed by atoms with Crippen LogP contribution in [0.15, 0.2) is 30.3 Å². The number of likely N-dealkylation sites (N-methyl/N-ethyl adjacent to an activating group) is 1. The molecule has 7 heteroatoms. The highest BCUT2D eigenvalue weighted by Crippen LogP contribution is 2.14. The number of hydrogen-bond acceptors (Lipinski definition) is 5. The van der Waals surface area contributed by atoms with E-state index in [1.54, 1.807) is 9.58 Å². The van der Waals surface area contributed by atoms with Crippen LogP contribution in [0.3, 0.4) is 0 Å². The Bertz CT molecular complexity index is 605. The number of tetrazole rings is 1. The van der Waals surface area contributed by atoms with Crippen LogP contribution in [0.2, 0.25) is 0 Å². The van der Waals surface area contributed by atoms with Gasteiger partial charge in [-0.2, -0.15) is 4.68 Å². The van der Waals surface area contributed by atoms with E-state index in [-0.39, 0.29) is 12.5 Å². The molecule has 0 radical (unpaired) electrons. The minimum atomic E-state index is 0.123. The van der Waals surface area contributed by atoms with E-state index in [0.717, 1.165) is 31.6 Å². The van der Waals surface area contributed by atoms with Crippen LogP contribution in [0.5, 0.6) is 0 Å². The van der Waals surface area contributed by atoms with E-state index in [1.165, 1.54) is 0 Å². The van der Waals surface area contributed by atoms with Gasteiger partial charge < -0.3 is 9.80 Å². The molecule has 1 amide bonds. The fourth-order valence-corrected chi connectivity index (χ4v) is 2.50. The first-order valence-corrected chi connectivity index (χ1v) is 7.08. The molecular weight excluding hydrogens is 268 g/mol. The van der Waals surface area contributed by atoms with Crippen LogP contribution < -0.4 is 4.90 Å². The van der Waals surface area contributed by atoms with Crippen molar-refractivity contribution in [2.24, 2.45) is 0 Å². The second kappa shape index (κ2) is 5.90. The van der Waals surface area contributed by atoms with Crippen LogP contribution >= 0.6 is 0 Å². The zero-order valence-electron chi connectivity index (χ0n) is 12.0. The Hall–Kier alpha value is -2.44. The zero-order chi connectivity index (χ0) is 14.7. The molecule has 0 unspecified atom stereocenters. The van der Waals surface area contributed by atoms with Gasteiger partial charge in [0.05, 0.1) is 12.2 Å². The number of hydrogen-bond donors (Lipinski definition) is 0. The largest absolute Gasteiger partial charge is 0.341 e. The number of rotatable bonds is 4. The molecule has 1 aliphatic heterocycles. The SMILES string of the molecule is CN(CC(=O)N1CCCC1)c1nnnn1-c1ccccc1. The van der Waals surface area contributed by atoms with E-state index in [0.29, 0.717) is 5.95 Å². The average Bonchev–Trinajstić information content (AvgIpc) is 3.19. The van der Waals surface area contributed by atoms with Gasteiger partial charge >= 0.3 is 0 Å². The van der Waals surface area contributed by atoms with E-state index < -0.39 is 0 Å². The molecule has 1 saturated heterocycles. The molecule has 7 nitrogen and oxygen atoms in total. The third-order valence-electron chi connectivity index (χ3n) is 3.63. The first-order chi connectivity index (χ1) is 10.3. The number of likely N-dealkylation sites (tertiary alicyclic amines) is 1. The first kappa shape index (κ1) is 13.5. The quantitative estimate of drug-likeness (QED) is 0.828. The minimum absolute atomic E-state index is 0.123. The Morgan fingerprint density at radius 3 is 2.67 bits per heavy atom. The Morgan fingerprint density at radius 1 is 1.24 bits per heavy atom. The maximum atomic E-state index is 12.2. The predicted octanol–water partition coefficient (Wildman–Crippen LogP) is 0.721. The number of para-hydroxylation sites is 1. The highest BCUT2D eigenvalue weighted by Gasteiger charge is 2.21. The van der Waals surface area contributed by atoms with Gasteiger partial charge in [-0.3, -0.25) is 4.79 Å². The molecule has 3 rings (SSSR count). The third kappa shape index (κ3) is 2.86. The van der Waals surface area contributed by atoms with Crippen molar-refractivity contribution in [2.45, 2.75) is 12.8 Å². The van der Waals surface area contributed by atoms with Crippen LogP contribution in [0, 0.1) is 0 Å². The lowest BCUT2D eigenvalue weighted by molar-refractivity contribution is -0.128. The molecule has 1 aliphatic rings. The van der Waals surface area contributed by atoms with Gasteiger partial charge in [0.15, 0.2) is 0 Å². The molecular formula is C14H18N6O. The summed E-state index contributed by atoms with van der Waals surface area (Å²) in [6.45, 7) is 2.00. The van der Waals surface area contributed by atoms with Crippen molar-refractivity contribution in [3.63, 3.8) is 0 Å². The number of amides is 1. The van der Waals surface area contributed by atoms with Gasteiger partial charge in [-0.05, 0) is 35.4 Å². The van der Waals surface area contributed by atoms with Gasteiger partial charge in [-0.25, -0.2) is 0 Å². The average molecular weight is 286 g/mol. The van der Waals surface area contributed by atoms with Crippen molar-refractivity contribution in [1.29, 1.82) is 0 Å². The van der Waals surface area contributed by atoms with Gasteiger partial charge in [-0.1, -0.05) is 23.3 Å². The van der Waals surface area contributed by atoms with Crippen molar-refractivity contribution in [2.75, 3.05) is 31.6 Å².